The second-order valence-electron chi connectivity index (χ2n) is 5.88. The van der Waals surface area contributed by atoms with Crippen LogP contribution < -0.4 is 0 Å². The molecular weight excluding hydrogens is 220 g/mol. The second kappa shape index (κ2) is 6.82. The van der Waals surface area contributed by atoms with Gasteiger partial charge in [-0.05, 0) is 42.4 Å². The van der Waals surface area contributed by atoms with Crippen LogP contribution in [0, 0.1) is 11.8 Å². The molecule has 1 heteroatoms. The van der Waals surface area contributed by atoms with Gasteiger partial charge in [-0.15, -0.1) is 0 Å². The summed E-state index contributed by atoms with van der Waals surface area (Å²) in [5.74, 6) is 2.32. The standard InChI is InChI=1S/C17H26O/c1-2-3-14-4-6-15(7-5-14)8-9-16-10-12-17(18)13-11-16/h10-15,18H,2-9H2,1H3/t14-,15-. The van der Waals surface area contributed by atoms with Gasteiger partial charge in [0.15, 0.2) is 0 Å². The van der Waals surface area contributed by atoms with Crippen LogP contribution in [0.25, 0.3) is 0 Å². The van der Waals surface area contributed by atoms with Crippen LogP contribution in [0.5, 0.6) is 5.75 Å². The highest BCUT2D eigenvalue weighted by Gasteiger charge is 2.20. The van der Waals surface area contributed by atoms with Crippen molar-refractivity contribution in [3.8, 4) is 5.75 Å². The molecule has 0 bridgehead atoms. The fraction of sp³-hybridized carbons (Fsp3) is 0.647. The third-order valence-corrected chi connectivity index (χ3v) is 4.44. The first kappa shape index (κ1) is 13.5. The van der Waals surface area contributed by atoms with Crippen molar-refractivity contribution in [1.82, 2.24) is 0 Å². The van der Waals surface area contributed by atoms with Gasteiger partial charge in [-0.1, -0.05) is 57.6 Å². The minimum Gasteiger partial charge on any atom is -0.508 e. The molecule has 1 N–H and O–H groups in total. The number of phenolic OH excluding ortho intramolecular Hbond substituents is 1. The fourth-order valence-electron chi connectivity index (χ4n) is 3.25. The van der Waals surface area contributed by atoms with Gasteiger partial charge in [0.2, 0.25) is 0 Å². The van der Waals surface area contributed by atoms with Gasteiger partial charge in [0.25, 0.3) is 0 Å². The van der Waals surface area contributed by atoms with E-state index in [0.29, 0.717) is 5.75 Å². The molecule has 1 nitrogen and oxygen atoms in total. The summed E-state index contributed by atoms with van der Waals surface area (Å²) >= 11 is 0. The van der Waals surface area contributed by atoms with E-state index in [1.807, 2.05) is 0 Å². The van der Waals surface area contributed by atoms with Crippen LogP contribution in [-0.2, 0) is 6.42 Å². The van der Waals surface area contributed by atoms with E-state index >= 15 is 0 Å². The largest absolute Gasteiger partial charge is 0.508 e. The van der Waals surface area contributed by atoms with Crippen molar-refractivity contribution in [2.45, 2.75) is 58.3 Å². The molecule has 0 unspecified atom stereocenters. The number of aryl methyl sites for hydroxylation is 1. The first-order valence-corrected chi connectivity index (χ1v) is 7.56. The molecular formula is C17H26O. The molecule has 1 fully saturated rings. The highest BCUT2D eigenvalue weighted by molar-refractivity contribution is 5.25. The SMILES string of the molecule is CCC[C@H]1CC[C@H](CCc2ccc(O)cc2)CC1. The molecule has 0 spiro atoms. The van der Waals surface area contributed by atoms with E-state index in [0.717, 1.165) is 11.8 Å². The molecule has 0 radical (unpaired) electrons. The van der Waals surface area contributed by atoms with Crippen molar-refractivity contribution in [2.24, 2.45) is 11.8 Å². The second-order valence-corrected chi connectivity index (χ2v) is 5.88. The van der Waals surface area contributed by atoms with Gasteiger partial charge >= 0.3 is 0 Å². The maximum Gasteiger partial charge on any atom is 0.115 e. The van der Waals surface area contributed by atoms with Crippen molar-refractivity contribution < 1.29 is 5.11 Å². The van der Waals surface area contributed by atoms with Crippen molar-refractivity contribution in [3.05, 3.63) is 29.8 Å². The Kier molecular flexibility index (Phi) is 5.10. The first-order valence-electron chi connectivity index (χ1n) is 7.56. The Morgan fingerprint density at radius 2 is 1.50 bits per heavy atom. The third-order valence-electron chi connectivity index (χ3n) is 4.44. The highest BCUT2D eigenvalue weighted by atomic mass is 16.3. The van der Waals surface area contributed by atoms with E-state index in [2.05, 4.69) is 19.1 Å². The molecule has 0 amide bonds. The summed E-state index contributed by atoms with van der Waals surface area (Å²) in [5.41, 5.74) is 1.36. The van der Waals surface area contributed by atoms with E-state index in [1.165, 1.54) is 56.9 Å². The fourth-order valence-corrected chi connectivity index (χ4v) is 3.25. The van der Waals surface area contributed by atoms with Crippen molar-refractivity contribution in [3.63, 3.8) is 0 Å². The summed E-state index contributed by atoms with van der Waals surface area (Å²) in [4.78, 5) is 0. The summed E-state index contributed by atoms with van der Waals surface area (Å²) in [6.07, 6.45) is 11.0. The minimum atomic E-state index is 0.374. The molecule has 2 rings (SSSR count). The maximum absolute atomic E-state index is 9.25. The molecule has 1 aliphatic carbocycles. The number of benzene rings is 1. The predicted molar refractivity (Wildman–Crippen MR) is 76.8 cm³/mol. The summed E-state index contributed by atoms with van der Waals surface area (Å²) in [5, 5.41) is 9.25. The molecule has 1 aromatic carbocycles. The van der Waals surface area contributed by atoms with Crippen LogP contribution in [0.4, 0.5) is 0 Å². The first-order chi connectivity index (χ1) is 8.78. The van der Waals surface area contributed by atoms with Gasteiger partial charge in [-0.25, -0.2) is 0 Å². The van der Waals surface area contributed by atoms with E-state index in [4.69, 9.17) is 0 Å². The van der Waals surface area contributed by atoms with Crippen LogP contribution in [0.3, 0.4) is 0 Å². The monoisotopic (exact) mass is 246 g/mol. The molecule has 0 atom stereocenters. The summed E-state index contributed by atoms with van der Waals surface area (Å²) in [6, 6.07) is 7.71. The topological polar surface area (TPSA) is 20.2 Å². The third kappa shape index (κ3) is 4.04. The Balaban J connectivity index is 1.70. The lowest BCUT2D eigenvalue weighted by atomic mass is 9.78. The predicted octanol–water partition coefficient (Wildman–Crippen LogP) is 4.93. The Bertz CT molecular complexity index is 333. The molecule has 1 saturated carbocycles. The maximum atomic E-state index is 9.25. The molecule has 0 saturated heterocycles. The molecule has 0 aromatic heterocycles. The van der Waals surface area contributed by atoms with Crippen molar-refractivity contribution in [2.75, 3.05) is 0 Å². The van der Waals surface area contributed by atoms with Crippen LogP contribution in [0.2, 0.25) is 0 Å². The smallest absolute Gasteiger partial charge is 0.115 e. The van der Waals surface area contributed by atoms with E-state index in [-0.39, 0.29) is 0 Å². The molecule has 0 heterocycles. The van der Waals surface area contributed by atoms with Gasteiger partial charge in [0.1, 0.15) is 5.75 Å². The Morgan fingerprint density at radius 1 is 0.944 bits per heavy atom. The van der Waals surface area contributed by atoms with Crippen LogP contribution in [-0.4, -0.2) is 5.11 Å². The Morgan fingerprint density at radius 3 is 2.06 bits per heavy atom. The average molecular weight is 246 g/mol. The average Bonchev–Trinajstić information content (AvgIpc) is 2.40. The normalized spacial score (nSPS) is 24.1. The summed E-state index contributed by atoms with van der Waals surface area (Å²) in [6.45, 7) is 2.30. The van der Waals surface area contributed by atoms with Crippen LogP contribution >= 0.6 is 0 Å². The van der Waals surface area contributed by atoms with E-state index < -0.39 is 0 Å². The van der Waals surface area contributed by atoms with Gasteiger partial charge < -0.3 is 5.11 Å². The minimum absolute atomic E-state index is 0.374. The van der Waals surface area contributed by atoms with E-state index in [1.54, 1.807) is 12.1 Å². The van der Waals surface area contributed by atoms with Gasteiger partial charge in [0.05, 0.1) is 0 Å². The van der Waals surface area contributed by atoms with Crippen molar-refractivity contribution in [1.29, 1.82) is 0 Å². The molecule has 1 aromatic rings. The lowest BCUT2D eigenvalue weighted by molar-refractivity contribution is 0.252. The molecule has 1 aliphatic rings. The number of rotatable bonds is 5. The molecule has 0 aliphatic heterocycles. The van der Waals surface area contributed by atoms with E-state index in [9.17, 15) is 5.11 Å². The summed E-state index contributed by atoms with van der Waals surface area (Å²) in [7, 11) is 0. The zero-order valence-electron chi connectivity index (χ0n) is 11.6. The molecule has 18 heavy (non-hydrogen) atoms. The quantitative estimate of drug-likeness (QED) is 0.781. The highest BCUT2D eigenvalue weighted by Crippen LogP contribution is 2.33. The zero-order chi connectivity index (χ0) is 12.8. The number of phenols is 1. The molecule has 100 valence electrons. The van der Waals surface area contributed by atoms with Crippen LogP contribution in [0.15, 0.2) is 24.3 Å². The van der Waals surface area contributed by atoms with Gasteiger partial charge in [-0.2, -0.15) is 0 Å². The van der Waals surface area contributed by atoms with Crippen LogP contribution in [0.1, 0.15) is 57.4 Å². The lowest BCUT2D eigenvalue weighted by Gasteiger charge is -2.28. The number of hydrogen-bond donors (Lipinski definition) is 1. The Hall–Kier alpha value is -0.980. The summed E-state index contributed by atoms with van der Waals surface area (Å²) < 4.78 is 0. The zero-order valence-corrected chi connectivity index (χ0v) is 11.6. The number of hydrogen-bond acceptors (Lipinski definition) is 1. The lowest BCUT2D eigenvalue weighted by Crippen LogP contribution is -2.15. The number of aromatic hydroxyl groups is 1. The van der Waals surface area contributed by atoms with Gasteiger partial charge in [-0.3, -0.25) is 0 Å². The van der Waals surface area contributed by atoms with Crippen molar-refractivity contribution >= 4 is 0 Å². The Labute approximate surface area is 111 Å². The van der Waals surface area contributed by atoms with Gasteiger partial charge in [0, 0.05) is 0 Å².